The summed E-state index contributed by atoms with van der Waals surface area (Å²) in [7, 11) is 0. The molecule has 0 bridgehead atoms. The van der Waals surface area contributed by atoms with E-state index in [0.29, 0.717) is 12.5 Å². The summed E-state index contributed by atoms with van der Waals surface area (Å²) in [6.45, 7) is 2.75. The van der Waals surface area contributed by atoms with Gasteiger partial charge < -0.3 is 5.32 Å². The van der Waals surface area contributed by atoms with Gasteiger partial charge in [-0.05, 0) is 19.4 Å². The normalized spacial score (nSPS) is 30.2. The maximum Gasteiger partial charge on any atom is 0.238 e. The van der Waals surface area contributed by atoms with Crippen LogP contribution in [0.2, 0.25) is 0 Å². The van der Waals surface area contributed by atoms with Gasteiger partial charge in [0.25, 0.3) is 0 Å². The molecular weight excluding hydrogens is 154 g/mol. The third-order valence-corrected chi connectivity index (χ3v) is 2.51. The number of hydrazine groups is 1. The molecule has 2 aliphatic heterocycles. The van der Waals surface area contributed by atoms with Crippen LogP contribution in [0.5, 0.6) is 0 Å². The van der Waals surface area contributed by atoms with Gasteiger partial charge in [-0.25, -0.2) is 5.43 Å². The third-order valence-electron chi connectivity index (χ3n) is 2.51. The summed E-state index contributed by atoms with van der Waals surface area (Å²) in [6, 6.07) is 0.513. The highest BCUT2D eigenvalue weighted by molar-refractivity contribution is 5.77. The van der Waals surface area contributed by atoms with Gasteiger partial charge in [0.2, 0.25) is 5.91 Å². The van der Waals surface area contributed by atoms with Crippen molar-refractivity contribution >= 4 is 5.91 Å². The van der Waals surface area contributed by atoms with E-state index in [1.807, 2.05) is 0 Å². The van der Waals surface area contributed by atoms with Crippen LogP contribution in [0, 0.1) is 0 Å². The molecule has 4 heteroatoms. The van der Waals surface area contributed by atoms with Gasteiger partial charge >= 0.3 is 0 Å². The summed E-state index contributed by atoms with van der Waals surface area (Å²) in [4.78, 5) is 11.2. The average molecular weight is 169 g/mol. The van der Waals surface area contributed by atoms with Gasteiger partial charge in [0, 0.05) is 19.0 Å². The van der Waals surface area contributed by atoms with Gasteiger partial charge in [-0.15, -0.1) is 0 Å². The minimum absolute atomic E-state index is 0.240. The van der Waals surface area contributed by atoms with Gasteiger partial charge in [-0.2, -0.15) is 0 Å². The Morgan fingerprint density at radius 3 is 3.00 bits per heavy atom. The second kappa shape index (κ2) is 3.41. The molecule has 1 amide bonds. The lowest BCUT2D eigenvalue weighted by Crippen LogP contribution is -2.43. The van der Waals surface area contributed by atoms with E-state index in [4.69, 9.17) is 0 Å². The summed E-state index contributed by atoms with van der Waals surface area (Å²) >= 11 is 0. The zero-order valence-electron chi connectivity index (χ0n) is 7.18. The fourth-order valence-corrected chi connectivity index (χ4v) is 1.82. The van der Waals surface area contributed by atoms with Crippen LogP contribution in [0.4, 0.5) is 0 Å². The topological polar surface area (TPSA) is 44.4 Å². The molecule has 2 heterocycles. The van der Waals surface area contributed by atoms with E-state index >= 15 is 0 Å². The molecule has 0 aliphatic carbocycles. The van der Waals surface area contributed by atoms with Gasteiger partial charge in [0.1, 0.15) is 0 Å². The molecule has 2 fully saturated rings. The molecule has 0 saturated carbocycles. The minimum Gasteiger partial charge on any atom is -0.312 e. The minimum atomic E-state index is 0.240. The van der Waals surface area contributed by atoms with Crippen molar-refractivity contribution in [3.05, 3.63) is 0 Å². The number of carbonyl (C=O) groups is 1. The molecule has 2 aliphatic rings. The Hall–Kier alpha value is -0.610. The second-order valence-electron chi connectivity index (χ2n) is 3.46. The monoisotopic (exact) mass is 169 g/mol. The summed E-state index contributed by atoms with van der Waals surface area (Å²) in [5.74, 6) is 0.240. The molecule has 4 nitrogen and oxygen atoms in total. The number of carbonyl (C=O) groups excluding carboxylic acids is 1. The molecule has 0 aromatic carbocycles. The van der Waals surface area contributed by atoms with Crippen molar-refractivity contribution in [2.24, 2.45) is 0 Å². The smallest absolute Gasteiger partial charge is 0.238 e. The highest BCUT2D eigenvalue weighted by Crippen LogP contribution is 2.08. The number of nitrogens with zero attached hydrogens (tertiary/aromatic N) is 1. The molecule has 1 unspecified atom stereocenters. The van der Waals surface area contributed by atoms with Crippen LogP contribution in [0.3, 0.4) is 0 Å². The molecule has 2 N–H and O–H groups in total. The van der Waals surface area contributed by atoms with Crippen LogP contribution >= 0.6 is 0 Å². The molecule has 0 radical (unpaired) electrons. The number of rotatable bonds is 2. The van der Waals surface area contributed by atoms with Gasteiger partial charge in [0.15, 0.2) is 0 Å². The van der Waals surface area contributed by atoms with Crippen LogP contribution in [0.1, 0.15) is 19.3 Å². The van der Waals surface area contributed by atoms with Crippen LogP contribution in [0.15, 0.2) is 0 Å². The SMILES string of the molecule is O=C1CCNN1CC1CCCN1. The molecule has 68 valence electrons. The highest BCUT2D eigenvalue weighted by Gasteiger charge is 2.24. The van der Waals surface area contributed by atoms with E-state index in [1.54, 1.807) is 5.01 Å². The molecule has 0 aromatic heterocycles. The lowest BCUT2D eigenvalue weighted by Gasteiger charge is -2.19. The van der Waals surface area contributed by atoms with E-state index in [0.717, 1.165) is 19.6 Å². The Kier molecular flexibility index (Phi) is 2.28. The van der Waals surface area contributed by atoms with Crippen molar-refractivity contribution in [1.29, 1.82) is 0 Å². The molecule has 12 heavy (non-hydrogen) atoms. The Bertz CT molecular complexity index is 177. The summed E-state index contributed by atoms with van der Waals surface area (Å²) in [5, 5.41) is 5.12. The van der Waals surface area contributed by atoms with Crippen LogP contribution in [-0.2, 0) is 4.79 Å². The van der Waals surface area contributed by atoms with Gasteiger partial charge in [-0.1, -0.05) is 0 Å². The fraction of sp³-hybridized carbons (Fsp3) is 0.875. The van der Waals surface area contributed by atoms with Crippen molar-refractivity contribution in [2.45, 2.75) is 25.3 Å². The molecular formula is C8H15N3O. The van der Waals surface area contributed by atoms with E-state index in [2.05, 4.69) is 10.7 Å². The molecule has 0 spiro atoms. The lowest BCUT2D eigenvalue weighted by molar-refractivity contribution is -0.129. The van der Waals surface area contributed by atoms with Crippen molar-refractivity contribution in [2.75, 3.05) is 19.6 Å². The first-order valence-corrected chi connectivity index (χ1v) is 4.63. The highest BCUT2D eigenvalue weighted by atomic mass is 16.2. The number of amides is 1. The van der Waals surface area contributed by atoms with Crippen LogP contribution in [0.25, 0.3) is 0 Å². The predicted octanol–water partition coefficient (Wildman–Crippen LogP) is -0.525. The van der Waals surface area contributed by atoms with Crippen LogP contribution in [-0.4, -0.2) is 36.6 Å². The predicted molar refractivity (Wildman–Crippen MR) is 45.4 cm³/mol. The van der Waals surface area contributed by atoms with Crippen molar-refractivity contribution < 1.29 is 4.79 Å². The second-order valence-corrected chi connectivity index (χ2v) is 3.46. The number of nitrogens with one attached hydrogen (secondary N) is 2. The van der Waals surface area contributed by atoms with Crippen LogP contribution < -0.4 is 10.7 Å². The van der Waals surface area contributed by atoms with Crippen molar-refractivity contribution in [3.63, 3.8) is 0 Å². The van der Waals surface area contributed by atoms with E-state index in [9.17, 15) is 4.79 Å². The lowest BCUT2D eigenvalue weighted by atomic mass is 10.2. The number of hydrogen-bond acceptors (Lipinski definition) is 3. The first-order chi connectivity index (χ1) is 5.86. The first kappa shape index (κ1) is 8.01. The first-order valence-electron chi connectivity index (χ1n) is 4.63. The number of hydrogen-bond donors (Lipinski definition) is 2. The van der Waals surface area contributed by atoms with Crippen molar-refractivity contribution in [3.8, 4) is 0 Å². The van der Waals surface area contributed by atoms with Gasteiger partial charge in [-0.3, -0.25) is 9.80 Å². The largest absolute Gasteiger partial charge is 0.312 e. The Labute approximate surface area is 72.3 Å². The maximum atomic E-state index is 11.2. The quantitative estimate of drug-likeness (QED) is 0.584. The van der Waals surface area contributed by atoms with Gasteiger partial charge in [0.05, 0.1) is 6.54 Å². The third kappa shape index (κ3) is 1.59. The summed E-state index contributed by atoms with van der Waals surface area (Å²) in [6.07, 6.45) is 3.10. The molecule has 1 atom stereocenters. The summed E-state index contributed by atoms with van der Waals surface area (Å²) in [5.41, 5.74) is 3.08. The standard InChI is InChI=1S/C8H15N3O/c12-8-3-5-10-11(8)6-7-2-1-4-9-7/h7,9-10H,1-6H2. The van der Waals surface area contributed by atoms with E-state index in [1.165, 1.54) is 12.8 Å². The van der Waals surface area contributed by atoms with Crippen molar-refractivity contribution in [1.82, 2.24) is 15.8 Å². The zero-order valence-corrected chi connectivity index (χ0v) is 7.18. The fourth-order valence-electron chi connectivity index (χ4n) is 1.82. The molecule has 2 rings (SSSR count). The summed E-state index contributed by atoms with van der Waals surface area (Å²) < 4.78 is 0. The Morgan fingerprint density at radius 2 is 2.42 bits per heavy atom. The maximum absolute atomic E-state index is 11.2. The molecule has 2 saturated heterocycles. The van der Waals surface area contributed by atoms with E-state index in [-0.39, 0.29) is 5.91 Å². The average Bonchev–Trinajstić information content (AvgIpc) is 2.65. The Balaban J connectivity index is 1.81. The Morgan fingerprint density at radius 1 is 1.50 bits per heavy atom. The van der Waals surface area contributed by atoms with E-state index < -0.39 is 0 Å². The molecule has 0 aromatic rings. The zero-order chi connectivity index (χ0) is 8.39.